The minimum atomic E-state index is -0.910. The molecule has 2 amide bonds. The molecular formula is C19H18N2O3. The second-order valence-corrected chi connectivity index (χ2v) is 6.61. The molecule has 2 aromatic carbocycles. The number of nitrogens with one attached hydrogen (secondary N) is 1. The van der Waals surface area contributed by atoms with Gasteiger partial charge in [0, 0.05) is 17.8 Å². The SMILES string of the molecule is CC1(C)Oc2ccc(C(=O)N3CCc4ccccc43)cc2NC1=O. The van der Waals surface area contributed by atoms with E-state index in [-0.39, 0.29) is 11.8 Å². The molecule has 0 unspecified atom stereocenters. The van der Waals surface area contributed by atoms with Crippen molar-refractivity contribution < 1.29 is 14.3 Å². The van der Waals surface area contributed by atoms with Gasteiger partial charge in [0.05, 0.1) is 5.69 Å². The molecule has 0 spiro atoms. The molecule has 4 rings (SSSR count). The van der Waals surface area contributed by atoms with E-state index >= 15 is 0 Å². The van der Waals surface area contributed by atoms with E-state index in [0.717, 1.165) is 12.1 Å². The number of para-hydroxylation sites is 1. The highest BCUT2D eigenvalue weighted by Crippen LogP contribution is 2.35. The highest BCUT2D eigenvalue weighted by atomic mass is 16.5. The smallest absolute Gasteiger partial charge is 0.268 e. The van der Waals surface area contributed by atoms with Gasteiger partial charge in [-0.1, -0.05) is 18.2 Å². The molecule has 0 atom stereocenters. The van der Waals surface area contributed by atoms with E-state index < -0.39 is 5.60 Å². The Balaban J connectivity index is 1.66. The topological polar surface area (TPSA) is 58.6 Å². The fourth-order valence-electron chi connectivity index (χ4n) is 3.15. The normalized spacial score (nSPS) is 17.6. The van der Waals surface area contributed by atoms with Crippen LogP contribution in [0.25, 0.3) is 0 Å². The summed E-state index contributed by atoms with van der Waals surface area (Å²) in [5, 5.41) is 2.82. The summed E-state index contributed by atoms with van der Waals surface area (Å²) in [6.45, 7) is 4.10. The molecule has 0 aliphatic carbocycles. The molecule has 2 aliphatic rings. The average molecular weight is 322 g/mol. The van der Waals surface area contributed by atoms with Gasteiger partial charge < -0.3 is 15.0 Å². The van der Waals surface area contributed by atoms with Crippen LogP contribution in [0, 0.1) is 0 Å². The molecule has 2 heterocycles. The molecule has 0 aromatic heterocycles. The highest BCUT2D eigenvalue weighted by Gasteiger charge is 2.36. The maximum absolute atomic E-state index is 12.9. The van der Waals surface area contributed by atoms with Gasteiger partial charge in [-0.2, -0.15) is 0 Å². The molecule has 5 heteroatoms. The van der Waals surface area contributed by atoms with Crippen molar-refractivity contribution in [3.63, 3.8) is 0 Å². The Morgan fingerprint density at radius 3 is 2.83 bits per heavy atom. The zero-order chi connectivity index (χ0) is 16.9. The van der Waals surface area contributed by atoms with Gasteiger partial charge in [0.2, 0.25) is 0 Å². The number of hydrogen-bond donors (Lipinski definition) is 1. The molecule has 122 valence electrons. The average Bonchev–Trinajstić information content (AvgIpc) is 2.98. The number of anilines is 2. The van der Waals surface area contributed by atoms with Gasteiger partial charge in [-0.15, -0.1) is 0 Å². The zero-order valence-electron chi connectivity index (χ0n) is 13.6. The van der Waals surface area contributed by atoms with Gasteiger partial charge in [0.25, 0.3) is 11.8 Å². The summed E-state index contributed by atoms with van der Waals surface area (Å²) in [7, 11) is 0. The number of benzene rings is 2. The Labute approximate surface area is 140 Å². The van der Waals surface area contributed by atoms with Crippen molar-refractivity contribution in [1.82, 2.24) is 0 Å². The van der Waals surface area contributed by atoms with Gasteiger partial charge in [0.15, 0.2) is 5.60 Å². The monoisotopic (exact) mass is 322 g/mol. The van der Waals surface area contributed by atoms with E-state index in [1.165, 1.54) is 5.56 Å². The van der Waals surface area contributed by atoms with E-state index in [1.807, 2.05) is 24.3 Å². The minimum Gasteiger partial charge on any atom is -0.476 e. The number of carbonyl (C=O) groups is 2. The largest absolute Gasteiger partial charge is 0.476 e. The first-order valence-electron chi connectivity index (χ1n) is 8.00. The third kappa shape index (κ3) is 2.24. The van der Waals surface area contributed by atoms with Crippen LogP contribution in [0.3, 0.4) is 0 Å². The Morgan fingerprint density at radius 2 is 2.00 bits per heavy atom. The van der Waals surface area contributed by atoms with Crippen LogP contribution < -0.4 is 15.0 Å². The predicted octanol–water partition coefficient (Wildman–Crippen LogP) is 3.00. The number of carbonyl (C=O) groups excluding carboxylic acids is 2. The van der Waals surface area contributed by atoms with Crippen molar-refractivity contribution in [3.05, 3.63) is 53.6 Å². The van der Waals surface area contributed by atoms with Crippen molar-refractivity contribution >= 4 is 23.2 Å². The summed E-state index contributed by atoms with van der Waals surface area (Å²) in [6, 6.07) is 13.1. The van der Waals surface area contributed by atoms with Crippen molar-refractivity contribution in [3.8, 4) is 5.75 Å². The Bertz CT molecular complexity index is 857. The van der Waals surface area contributed by atoms with Gasteiger partial charge in [-0.3, -0.25) is 9.59 Å². The van der Waals surface area contributed by atoms with E-state index in [2.05, 4.69) is 5.32 Å². The van der Waals surface area contributed by atoms with Gasteiger partial charge in [-0.25, -0.2) is 0 Å². The molecule has 24 heavy (non-hydrogen) atoms. The number of rotatable bonds is 1. The van der Waals surface area contributed by atoms with E-state index in [9.17, 15) is 9.59 Å². The second-order valence-electron chi connectivity index (χ2n) is 6.61. The lowest BCUT2D eigenvalue weighted by Gasteiger charge is -2.31. The van der Waals surface area contributed by atoms with Crippen LogP contribution in [0.4, 0.5) is 11.4 Å². The van der Waals surface area contributed by atoms with Crippen LogP contribution in [0.1, 0.15) is 29.8 Å². The van der Waals surface area contributed by atoms with Crippen molar-refractivity contribution in [2.75, 3.05) is 16.8 Å². The number of hydrogen-bond acceptors (Lipinski definition) is 3. The van der Waals surface area contributed by atoms with Crippen LogP contribution >= 0.6 is 0 Å². The first kappa shape index (κ1) is 14.8. The molecule has 0 saturated carbocycles. The quantitative estimate of drug-likeness (QED) is 0.878. The molecule has 2 aliphatic heterocycles. The number of fused-ring (bicyclic) bond motifs is 2. The Kier molecular flexibility index (Phi) is 3.13. The van der Waals surface area contributed by atoms with Gasteiger partial charge in [0.1, 0.15) is 5.75 Å². The van der Waals surface area contributed by atoms with Gasteiger partial charge in [-0.05, 0) is 50.1 Å². The third-order valence-electron chi connectivity index (χ3n) is 4.52. The fourth-order valence-corrected chi connectivity index (χ4v) is 3.15. The van der Waals surface area contributed by atoms with Crippen molar-refractivity contribution in [1.29, 1.82) is 0 Å². The molecule has 2 aromatic rings. The molecular weight excluding hydrogens is 304 g/mol. The summed E-state index contributed by atoms with van der Waals surface area (Å²) in [5.74, 6) is 0.297. The maximum atomic E-state index is 12.9. The summed E-state index contributed by atoms with van der Waals surface area (Å²) in [6.07, 6.45) is 0.862. The highest BCUT2D eigenvalue weighted by molar-refractivity contribution is 6.09. The van der Waals surface area contributed by atoms with Crippen LogP contribution in [0.15, 0.2) is 42.5 Å². The van der Waals surface area contributed by atoms with Crippen LogP contribution in [0.5, 0.6) is 5.75 Å². The summed E-state index contributed by atoms with van der Waals surface area (Å²) in [4.78, 5) is 26.7. The molecule has 0 bridgehead atoms. The molecule has 1 N–H and O–H groups in total. The van der Waals surface area contributed by atoms with Crippen LogP contribution in [-0.4, -0.2) is 24.0 Å². The lowest BCUT2D eigenvalue weighted by molar-refractivity contribution is -0.129. The Morgan fingerprint density at radius 1 is 1.21 bits per heavy atom. The lowest BCUT2D eigenvalue weighted by Crippen LogP contribution is -2.45. The molecule has 5 nitrogen and oxygen atoms in total. The third-order valence-corrected chi connectivity index (χ3v) is 4.52. The number of amides is 2. The predicted molar refractivity (Wildman–Crippen MR) is 91.6 cm³/mol. The van der Waals surface area contributed by atoms with E-state index in [0.29, 0.717) is 23.5 Å². The number of nitrogens with zero attached hydrogens (tertiary/aromatic N) is 1. The van der Waals surface area contributed by atoms with Crippen LogP contribution in [0.2, 0.25) is 0 Å². The maximum Gasteiger partial charge on any atom is 0.268 e. The lowest BCUT2D eigenvalue weighted by atomic mass is 10.0. The van der Waals surface area contributed by atoms with E-state index in [1.54, 1.807) is 36.9 Å². The minimum absolute atomic E-state index is 0.0677. The molecule has 0 radical (unpaired) electrons. The first-order chi connectivity index (χ1) is 11.5. The summed E-state index contributed by atoms with van der Waals surface area (Å²) < 4.78 is 5.71. The first-order valence-corrected chi connectivity index (χ1v) is 8.00. The standard InChI is InChI=1S/C19H18N2O3/c1-19(2)18(23)20-14-11-13(7-8-16(14)24-19)17(22)21-10-9-12-5-3-4-6-15(12)21/h3-8,11H,9-10H2,1-2H3,(H,20,23). The fraction of sp³-hybridized carbons (Fsp3) is 0.263. The van der Waals surface area contributed by atoms with Gasteiger partial charge >= 0.3 is 0 Å². The molecule has 0 fully saturated rings. The summed E-state index contributed by atoms with van der Waals surface area (Å²) in [5.41, 5.74) is 2.31. The van der Waals surface area contributed by atoms with Crippen molar-refractivity contribution in [2.24, 2.45) is 0 Å². The second kappa shape index (κ2) is 5.09. The van der Waals surface area contributed by atoms with E-state index in [4.69, 9.17) is 4.74 Å². The Hall–Kier alpha value is -2.82. The summed E-state index contributed by atoms with van der Waals surface area (Å²) >= 11 is 0. The van der Waals surface area contributed by atoms with Crippen molar-refractivity contribution in [2.45, 2.75) is 25.9 Å². The zero-order valence-corrected chi connectivity index (χ0v) is 13.6. The van der Waals surface area contributed by atoms with Crippen LogP contribution in [-0.2, 0) is 11.2 Å². The molecule has 0 saturated heterocycles. The number of ether oxygens (including phenoxy) is 1.